The number of carbonyl (C=O) groups excluding carboxylic acids is 1. The Labute approximate surface area is 183 Å². The van der Waals surface area contributed by atoms with Gasteiger partial charge >= 0.3 is 0 Å². The van der Waals surface area contributed by atoms with Gasteiger partial charge in [-0.2, -0.15) is 0 Å². The summed E-state index contributed by atoms with van der Waals surface area (Å²) in [5, 5.41) is 8.76. The van der Waals surface area contributed by atoms with Crippen LogP contribution >= 0.6 is 35.3 Å². The second kappa shape index (κ2) is 11.9. The smallest absolute Gasteiger partial charge is 0.241 e. The number of hydrogen-bond acceptors (Lipinski definition) is 4. The fourth-order valence-corrected chi connectivity index (χ4v) is 4.63. The van der Waals surface area contributed by atoms with Crippen molar-refractivity contribution >= 4 is 47.2 Å². The van der Waals surface area contributed by atoms with E-state index in [-0.39, 0.29) is 29.9 Å². The van der Waals surface area contributed by atoms with E-state index in [9.17, 15) is 4.79 Å². The van der Waals surface area contributed by atoms with Crippen molar-refractivity contribution in [3.63, 3.8) is 0 Å². The largest absolute Gasteiger partial charge is 0.354 e. The highest BCUT2D eigenvalue weighted by Gasteiger charge is 2.24. The summed E-state index contributed by atoms with van der Waals surface area (Å²) in [5.74, 6) is 0.873. The molecule has 1 aromatic rings. The number of piperidine rings is 1. The van der Waals surface area contributed by atoms with Gasteiger partial charge < -0.3 is 15.5 Å². The van der Waals surface area contributed by atoms with E-state index in [4.69, 9.17) is 0 Å². The molecule has 2 fully saturated rings. The highest BCUT2D eigenvalue weighted by atomic mass is 127. The van der Waals surface area contributed by atoms with Gasteiger partial charge in [0.05, 0.1) is 12.6 Å². The van der Waals surface area contributed by atoms with Crippen LogP contribution in [0.15, 0.2) is 22.5 Å². The van der Waals surface area contributed by atoms with Gasteiger partial charge in [-0.1, -0.05) is 6.07 Å². The molecule has 0 bridgehead atoms. The molecule has 0 saturated carbocycles. The number of nitrogens with one attached hydrogen (secondary N) is 2. The third-order valence-electron chi connectivity index (χ3n) is 5.26. The van der Waals surface area contributed by atoms with Crippen LogP contribution < -0.4 is 10.6 Å². The zero-order valence-electron chi connectivity index (χ0n) is 16.2. The zero-order chi connectivity index (χ0) is 18.2. The van der Waals surface area contributed by atoms with Crippen LogP contribution in [-0.2, 0) is 4.79 Å². The molecule has 2 aliphatic rings. The second-order valence-electron chi connectivity index (χ2n) is 7.02. The van der Waals surface area contributed by atoms with Gasteiger partial charge in [-0.05, 0) is 56.6 Å². The van der Waals surface area contributed by atoms with Crippen molar-refractivity contribution in [3.8, 4) is 0 Å². The fourth-order valence-electron chi connectivity index (χ4n) is 3.77. The molecule has 0 spiro atoms. The van der Waals surface area contributed by atoms with Gasteiger partial charge in [0.1, 0.15) is 0 Å². The molecule has 6 nitrogen and oxygen atoms in total. The first-order valence-electron chi connectivity index (χ1n) is 9.77. The van der Waals surface area contributed by atoms with Crippen molar-refractivity contribution < 1.29 is 4.79 Å². The van der Waals surface area contributed by atoms with E-state index in [0.717, 1.165) is 45.6 Å². The topological polar surface area (TPSA) is 60.0 Å². The number of hydrogen-bond donors (Lipinski definition) is 2. The lowest BCUT2D eigenvalue weighted by atomic mass is 10.1. The number of likely N-dealkylation sites (tertiary alicyclic amines) is 2. The van der Waals surface area contributed by atoms with E-state index in [2.05, 4.69) is 38.0 Å². The van der Waals surface area contributed by atoms with Gasteiger partial charge in [0.2, 0.25) is 5.91 Å². The minimum Gasteiger partial charge on any atom is -0.354 e. The van der Waals surface area contributed by atoms with Crippen molar-refractivity contribution in [3.05, 3.63) is 22.4 Å². The van der Waals surface area contributed by atoms with E-state index >= 15 is 0 Å². The minimum absolute atomic E-state index is 0. The van der Waals surface area contributed by atoms with Gasteiger partial charge in [0.15, 0.2) is 5.96 Å². The average Bonchev–Trinajstić information content (AvgIpc) is 3.39. The minimum atomic E-state index is 0. The van der Waals surface area contributed by atoms with E-state index in [1.54, 1.807) is 7.05 Å². The predicted molar refractivity (Wildman–Crippen MR) is 123 cm³/mol. The number of carbonyl (C=O) groups is 1. The summed E-state index contributed by atoms with van der Waals surface area (Å²) in [6.45, 7) is 5.21. The first kappa shape index (κ1) is 22.4. The molecular formula is C19H32IN5OS. The second-order valence-corrected chi connectivity index (χ2v) is 8.00. The van der Waals surface area contributed by atoms with Crippen LogP contribution in [0.4, 0.5) is 0 Å². The molecule has 3 heterocycles. The van der Waals surface area contributed by atoms with Gasteiger partial charge in [-0.25, -0.2) is 0 Å². The van der Waals surface area contributed by atoms with Crippen molar-refractivity contribution in [2.45, 2.75) is 38.1 Å². The molecular weight excluding hydrogens is 473 g/mol. The summed E-state index contributed by atoms with van der Waals surface area (Å²) in [4.78, 5) is 22.5. The molecule has 1 unspecified atom stereocenters. The molecule has 1 amide bonds. The summed E-state index contributed by atoms with van der Waals surface area (Å²) in [6.07, 6.45) is 6.04. The number of guanidine groups is 1. The molecule has 0 aliphatic carbocycles. The maximum atomic E-state index is 12.3. The molecule has 0 radical (unpaired) electrons. The molecule has 152 valence electrons. The first-order valence-corrected chi connectivity index (χ1v) is 10.7. The van der Waals surface area contributed by atoms with E-state index in [1.807, 2.05) is 16.2 Å². The molecule has 0 aromatic carbocycles. The van der Waals surface area contributed by atoms with Crippen molar-refractivity contribution in [1.82, 2.24) is 20.4 Å². The first-order chi connectivity index (χ1) is 12.8. The molecule has 2 aliphatic heterocycles. The number of nitrogens with zero attached hydrogens (tertiary/aromatic N) is 3. The molecule has 1 aromatic heterocycles. The molecule has 2 N–H and O–H groups in total. The van der Waals surface area contributed by atoms with Crippen LogP contribution in [0.3, 0.4) is 0 Å². The van der Waals surface area contributed by atoms with Crippen LogP contribution in [0.2, 0.25) is 0 Å². The normalized spacial score (nSPS) is 19.4. The van der Waals surface area contributed by atoms with E-state index < -0.39 is 0 Å². The molecule has 3 rings (SSSR count). The lowest BCUT2D eigenvalue weighted by molar-refractivity contribution is -0.130. The lowest BCUT2D eigenvalue weighted by Gasteiger charge is -2.28. The maximum Gasteiger partial charge on any atom is 0.241 e. The van der Waals surface area contributed by atoms with Crippen LogP contribution in [-0.4, -0.2) is 68.0 Å². The fraction of sp³-hybridized carbons (Fsp3) is 0.684. The summed E-state index contributed by atoms with van der Waals surface area (Å²) >= 11 is 1.81. The van der Waals surface area contributed by atoms with Crippen molar-refractivity contribution in [2.75, 3.05) is 46.3 Å². The predicted octanol–water partition coefficient (Wildman–Crippen LogP) is 2.68. The SMILES string of the molecule is CN=C(NCC(=O)N1CCCCC1)NCC(c1cccs1)N1CCCC1.I. The van der Waals surface area contributed by atoms with Crippen LogP contribution in [0, 0.1) is 0 Å². The van der Waals surface area contributed by atoms with Crippen LogP contribution in [0.5, 0.6) is 0 Å². The number of halogens is 1. The average molecular weight is 505 g/mol. The summed E-state index contributed by atoms with van der Waals surface area (Å²) in [5.41, 5.74) is 0. The lowest BCUT2D eigenvalue weighted by Crippen LogP contribution is -2.47. The Morgan fingerprint density at radius 2 is 1.85 bits per heavy atom. The van der Waals surface area contributed by atoms with E-state index in [1.165, 1.54) is 24.1 Å². The molecule has 8 heteroatoms. The Kier molecular flexibility index (Phi) is 9.84. The summed E-state index contributed by atoms with van der Waals surface area (Å²) < 4.78 is 0. The van der Waals surface area contributed by atoms with Gasteiger partial charge in [-0.3, -0.25) is 14.7 Å². The number of aliphatic imine (C=N–C) groups is 1. The zero-order valence-corrected chi connectivity index (χ0v) is 19.3. The highest BCUT2D eigenvalue weighted by Crippen LogP contribution is 2.27. The molecule has 2 saturated heterocycles. The van der Waals surface area contributed by atoms with Gasteiger partial charge in [0, 0.05) is 31.6 Å². The Bertz CT molecular complexity index is 583. The monoisotopic (exact) mass is 505 g/mol. The highest BCUT2D eigenvalue weighted by molar-refractivity contribution is 14.0. The molecule has 27 heavy (non-hydrogen) atoms. The maximum absolute atomic E-state index is 12.3. The Hall–Kier alpha value is -0.870. The Balaban J connectivity index is 0.00000261. The van der Waals surface area contributed by atoms with Crippen LogP contribution in [0.25, 0.3) is 0 Å². The standard InChI is InChI=1S/C19H31N5OS.HI/c1-20-19(22-15-18(25)24-11-3-2-4-12-24)21-14-16(17-8-7-13-26-17)23-9-5-6-10-23;/h7-8,13,16H,2-6,9-12,14-15H2,1H3,(H2,20,21,22);1H. The summed E-state index contributed by atoms with van der Waals surface area (Å²) in [6, 6.07) is 4.70. The molecule has 1 atom stereocenters. The van der Waals surface area contributed by atoms with Crippen molar-refractivity contribution in [2.24, 2.45) is 4.99 Å². The number of amides is 1. The van der Waals surface area contributed by atoms with Gasteiger partial charge in [-0.15, -0.1) is 35.3 Å². The van der Waals surface area contributed by atoms with E-state index in [0.29, 0.717) is 18.5 Å². The third kappa shape index (κ3) is 6.60. The Morgan fingerprint density at radius 3 is 2.48 bits per heavy atom. The number of thiophene rings is 1. The van der Waals surface area contributed by atoms with Gasteiger partial charge in [0.25, 0.3) is 0 Å². The number of rotatable bonds is 6. The Morgan fingerprint density at radius 1 is 1.15 bits per heavy atom. The summed E-state index contributed by atoms with van der Waals surface area (Å²) in [7, 11) is 1.76. The quantitative estimate of drug-likeness (QED) is 0.355. The van der Waals surface area contributed by atoms with Crippen LogP contribution in [0.1, 0.15) is 43.0 Å². The van der Waals surface area contributed by atoms with Crippen molar-refractivity contribution in [1.29, 1.82) is 0 Å². The third-order valence-corrected chi connectivity index (χ3v) is 6.23.